The van der Waals surface area contributed by atoms with Crippen LogP contribution in [0.25, 0.3) is 0 Å². The molecule has 0 spiro atoms. The zero-order valence-electron chi connectivity index (χ0n) is 6.63. The molecule has 0 aliphatic heterocycles. The summed E-state index contributed by atoms with van der Waals surface area (Å²) >= 11 is 0. The fourth-order valence-corrected chi connectivity index (χ4v) is 0.727. The zero-order chi connectivity index (χ0) is 8.97. The maximum Gasteiger partial charge on any atom is 0.330 e. The van der Waals surface area contributed by atoms with Crippen LogP contribution < -0.4 is 16.4 Å². The average molecular weight is 169 g/mol. The molecule has 2 N–H and O–H groups in total. The van der Waals surface area contributed by atoms with Gasteiger partial charge in [0.15, 0.2) is 0 Å². The van der Waals surface area contributed by atoms with Gasteiger partial charge >= 0.3 is 11.1 Å². The monoisotopic (exact) mass is 169 g/mol. The van der Waals surface area contributed by atoms with Gasteiger partial charge in [0.2, 0.25) is 6.33 Å². The molecule has 1 aromatic heterocycles. The molecular formula is C6H9N4O2. The predicted octanol–water partition coefficient (Wildman–Crippen LogP) is -2.05. The molecule has 1 aromatic rings. The normalized spacial score (nSPS) is 10.1. The van der Waals surface area contributed by atoms with E-state index in [1.807, 2.05) is 5.10 Å². The summed E-state index contributed by atoms with van der Waals surface area (Å²) in [6.45, 7) is 0.994. The number of aromatic nitrogens is 3. The molecule has 65 valence electrons. The third kappa shape index (κ3) is 1.79. The second-order valence-electron chi connectivity index (χ2n) is 2.21. The van der Waals surface area contributed by atoms with Gasteiger partial charge in [0, 0.05) is 13.1 Å². The first-order chi connectivity index (χ1) is 5.75. The average Bonchev–Trinajstić information content (AvgIpc) is 2.08. The molecule has 0 aromatic carbocycles. The van der Waals surface area contributed by atoms with E-state index in [-0.39, 0.29) is 0 Å². The van der Waals surface area contributed by atoms with E-state index in [9.17, 15) is 9.59 Å². The summed E-state index contributed by atoms with van der Waals surface area (Å²) in [5, 5.41) is 8.22. The summed E-state index contributed by atoms with van der Waals surface area (Å²) in [4.78, 5) is 21.7. The van der Waals surface area contributed by atoms with Gasteiger partial charge in [-0.3, -0.25) is 14.2 Å². The Morgan fingerprint density at radius 1 is 1.67 bits per heavy atom. The molecule has 1 heterocycles. The van der Waals surface area contributed by atoms with Crippen LogP contribution in [0, 0.1) is 6.33 Å². The van der Waals surface area contributed by atoms with Crippen LogP contribution in [0.5, 0.6) is 0 Å². The maximum atomic E-state index is 11.0. The Morgan fingerprint density at radius 3 is 3.08 bits per heavy atom. The summed E-state index contributed by atoms with van der Waals surface area (Å²) in [5.74, 6) is 0. The largest absolute Gasteiger partial charge is 0.330 e. The Morgan fingerprint density at radius 2 is 2.42 bits per heavy atom. The van der Waals surface area contributed by atoms with Crippen LogP contribution in [-0.2, 0) is 6.54 Å². The highest BCUT2D eigenvalue weighted by Gasteiger charge is 1.98. The Kier molecular flexibility index (Phi) is 2.76. The van der Waals surface area contributed by atoms with E-state index in [1.54, 1.807) is 7.05 Å². The van der Waals surface area contributed by atoms with Crippen LogP contribution >= 0.6 is 0 Å². The lowest BCUT2D eigenvalue weighted by Crippen LogP contribution is -2.38. The van der Waals surface area contributed by atoms with Crippen molar-refractivity contribution in [3.63, 3.8) is 0 Å². The van der Waals surface area contributed by atoms with Crippen molar-refractivity contribution < 1.29 is 0 Å². The fraction of sp³-hybridized carbons (Fsp3) is 0.500. The van der Waals surface area contributed by atoms with Gasteiger partial charge in [-0.25, -0.2) is 5.10 Å². The molecule has 0 unspecified atom stereocenters. The second-order valence-corrected chi connectivity index (χ2v) is 2.21. The number of nitrogens with one attached hydrogen (secondary N) is 2. The number of nitrogens with zero attached hydrogens (tertiary/aromatic N) is 2. The van der Waals surface area contributed by atoms with Gasteiger partial charge in [-0.1, -0.05) is 0 Å². The minimum atomic E-state index is -0.718. The molecule has 6 nitrogen and oxygen atoms in total. The lowest BCUT2D eigenvalue weighted by Gasteiger charge is -2.00. The second kappa shape index (κ2) is 3.82. The quantitative estimate of drug-likeness (QED) is 0.510. The molecule has 0 amide bonds. The van der Waals surface area contributed by atoms with Crippen LogP contribution in [0.3, 0.4) is 0 Å². The van der Waals surface area contributed by atoms with E-state index in [2.05, 4.69) is 16.7 Å². The van der Waals surface area contributed by atoms with Crippen LogP contribution in [-0.4, -0.2) is 28.4 Å². The van der Waals surface area contributed by atoms with Crippen molar-refractivity contribution in [1.29, 1.82) is 0 Å². The van der Waals surface area contributed by atoms with E-state index in [1.165, 1.54) is 0 Å². The Balaban J connectivity index is 2.93. The molecule has 0 saturated carbocycles. The number of aromatic amines is 1. The first-order valence-electron chi connectivity index (χ1n) is 3.47. The van der Waals surface area contributed by atoms with Crippen molar-refractivity contribution in [2.75, 3.05) is 13.6 Å². The Bertz CT molecular complexity index is 353. The molecule has 0 aliphatic rings. The van der Waals surface area contributed by atoms with Crippen molar-refractivity contribution >= 4 is 0 Å². The molecular weight excluding hydrogens is 160 g/mol. The summed E-state index contributed by atoms with van der Waals surface area (Å²) in [5.41, 5.74) is -1.34. The molecule has 0 fully saturated rings. The topological polar surface area (TPSA) is 79.8 Å². The maximum absolute atomic E-state index is 11.0. The van der Waals surface area contributed by atoms with Gasteiger partial charge in [-0.05, 0) is 7.05 Å². The van der Waals surface area contributed by atoms with Crippen LogP contribution in [0.4, 0.5) is 0 Å². The minimum Gasteiger partial charge on any atom is -0.318 e. The molecule has 1 radical (unpaired) electrons. The first kappa shape index (κ1) is 8.66. The molecule has 0 saturated heterocycles. The van der Waals surface area contributed by atoms with Gasteiger partial charge < -0.3 is 5.32 Å². The first-order valence-corrected chi connectivity index (χ1v) is 3.47. The number of hydrogen-bond donors (Lipinski definition) is 2. The third-order valence-corrected chi connectivity index (χ3v) is 1.35. The number of H-pyrrole nitrogens is 1. The van der Waals surface area contributed by atoms with Crippen molar-refractivity contribution in [2.24, 2.45) is 0 Å². The van der Waals surface area contributed by atoms with Crippen LogP contribution in [0.2, 0.25) is 0 Å². The highest BCUT2D eigenvalue weighted by atomic mass is 16.2. The van der Waals surface area contributed by atoms with Gasteiger partial charge in [-0.2, -0.15) is 5.10 Å². The number of likely N-dealkylation sites (N-methyl/N-ethyl adjacent to an activating group) is 1. The SMILES string of the molecule is CNCCn1[c]n[nH]c(=O)c1=O. The van der Waals surface area contributed by atoms with Crippen molar-refractivity contribution in [1.82, 2.24) is 20.1 Å². The Hall–Kier alpha value is -1.43. The van der Waals surface area contributed by atoms with Crippen molar-refractivity contribution in [3.8, 4) is 0 Å². The molecule has 0 aliphatic carbocycles. The lowest BCUT2D eigenvalue weighted by molar-refractivity contribution is 0.592. The summed E-state index contributed by atoms with van der Waals surface area (Å²) in [7, 11) is 1.76. The predicted molar refractivity (Wildman–Crippen MR) is 41.9 cm³/mol. The van der Waals surface area contributed by atoms with Gasteiger partial charge in [-0.15, -0.1) is 0 Å². The highest BCUT2D eigenvalue weighted by molar-refractivity contribution is 4.73. The lowest BCUT2D eigenvalue weighted by atomic mass is 10.6. The minimum absolute atomic E-state index is 0.395. The standard InChI is InChI=1S/C6H9N4O2/c1-7-2-3-10-4-8-9-5(11)6(10)12/h7H,2-3H2,1H3,(H,9,11). The molecule has 0 atom stereocenters. The van der Waals surface area contributed by atoms with Crippen molar-refractivity contribution in [2.45, 2.75) is 6.54 Å². The molecule has 0 bridgehead atoms. The molecule has 1 rings (SSSR count). The smallest absolute Gasteiger partial charge is 0.318 e. The van der Waals surface area contributed by atoms with Gasteiger partial charge in [0.1, 0.15) is 0 Å². The fourth-order valence-electron chi connectivity index (χ4n) is 0.727. The van der Waals surface area contributed by atoms with Gasteiger partial charge in [0.25, 0.3) is 0 Å². The summed E-state index contributed by atoms with van der Waals surface area (Å²) in [6.07, 6.45) is 2.37. The van der Waals surface area contributed by atoms with E-state index in [4.69, 9.17) is 0 Å². The highest BCUT2D eigenvalue weighted by Crippen LogP contribution is 1.68. The number of rotatable bonds is 3. The Labute approximate surface area is 68.2 Å². The molecule has 6 heteroatoms. The summed E-state index contributed by atoms with van der Waals surface area (Å²) < 4.78 is 1.13. The number of hydrogen-bond acceptors (Lipinski definition) is 4. The summed E-state index contributed by atoms with van der Waals surface area (Å²) in [6, 6.07) is 0. The van der Waals surface area contributed by atoms with E-state index in [0.717, 1.165) is 4.57 Å². The van der Waals surface area contributed by atoms with E-state index in [0.29, 0.717) is 13.1 Å². The van der Waals surface area contributed by atoms with E-state index < -0.39 is 11.1 Å². The van der Waals surface area contributed by atoms with E-state index >= 15 is 0 Å². The van der Waals surface area contributed by atoms with Crippen LogP contribution in [0.1, 0.15) is 0 Å². The van der Waals surface area contributed by atoms with Crippen molar-refractivity contribution in [3.05, 3.63) is 27.0 Å². The third-order valence-electron chi connectivity index (χ3n) is 1.35. The van der Waals surface area contributed by atoms with Gasteiger partial charge in [0.05, 0.1) is 0 Å². The zero-order valence-corrected chi connectivity index (χ0v) is 6.63. The van der Waals surface area contributed by atoms with Crippen LogP contribution in [0.15, 0.2) is 9.59 Å². The molecule has 12 heavy (non-hydrogen) atoms.